The van der Waals surface area contributed by atoms with E-state index in [-0.39, 0.29) is 24.4 Å². The van der Waals surface area contributed by atoms with Crippen LogP contribution in [0.25, 0.3) is 0 Å². The van der Waals surface area contributed by atoms with Gasteiger partial charge in [0.25, 0.3) is 11.5 Å². The Morgan fingerprint density at radius 1 is 0.960 bits per heavy atom. The van der Waals surface area contributed by atoms with Gasteiger partial charge in [0.15, 0.2) is 0 Å². The summed E-state index contributed by atoms with van der Waals surface area (Å²) in [5.41, 5.74) is 5.61. The van der Waals surface area contributed by atoms with Crippen LogP contribution in [0.1, 0.15) is 12.5 Å². The van der Waals surface area contributed by atoms with Crippen LogP contribution in [0.5, 0.6) is 0 Å². The van der Waals surface area contributed by atoms with Gasteiger partial charge in [-0.05, 0) is 23.8 Å². The molecular formula is C17H18N4O4. The van der Waals surface area contributed by atoms with E-state index >= 15 is 0 Å². The van der Waals surface area contributed by atoms with Crippen LogP contribution in [0.3, 0.4) is 0 Å². The second-order valence-electron chi connectivity index (χ2n) is 5.32. The largest absolute Gasteiger partial charge is 0.326 e. The van der Waals surface area contributed by atoms with Crippen LogP contribution in [0.4, 0.5) is 5.69 Å². The second-order valence-corrected chi connectivity index (χ2v) is 5.32. The number of carbonyl (C=O) groups is 3. The Morgan fingerprint density at radius 3 is 2.28 bits per heavy atom. The molecule has 2 rings (SSSR count). The zero-order valence-electron chi connectivity index (χ0n) is 13.6. The van der Waals surface area contributed by atoms with Gasteiger partial charge in [-0.25, -0.2) is 0 Å². The third-order valence-electron chi connectivity index (χ3n) is 3.19. The Bertz CT molecular complexity index is 827. The van der Waals surface area contributed by atoms with Gasteiger partial charge in [0.1, 0.15) is 6.54 Å². The Balaban J connectivity index is 1.80. The maximum Gasteiger partial charge on any atom is 0.258 e. The highest BCUT2D eigenvalue weighted by molar-refractivity contribution is 5.88. The number of amides is 3. The molecule has 0 aliphatic heterocycles. The molecule has 1 heterocycles. The minimum Gasteiger partial charge on any atom is -0.326 e. The van der Waals surface area contributed by atoms with Crippen LogP contribution in [0.15, 0.2) is 53.5 Å². The first-order valence-corrected chi connectivity index (χ1v) is 7.54. The number of nitrogens with one attached hydrogen (secondary N) is 3. The quantitative estimate of drug-likeness (QED) is 0.674. The zero-order chi connectivity index (χ0) is 18.2. The summed E-state index contributed by atoms with van der Waals surface area (Å²) >= 11 is 0. The van der Waals surface area contributed by atoms with Crippen molar-refractivity contribution in [3.63, 3.8) is 0 Å². The first-order valence-electron chi connectivity index (χ1n) is 7.54. The summed E-state index contributed by atoms with van der Waals surface area (Å²) in [4.78, 5) is 46.0. The van der Waals surface area contributed by atoms with Crippen molar-refractivity contribution in [2.24, 2.45) is 0 Å². The van der Waals surface area contributed by atoms with Gasteiger partial charge in [0.05, 0.1) is 6.42 Å². The number of pyridine rings is 1. The molecule has 8 heteroatoms. The molecule has 0 bridgehead atoms. The van der Waals surface area contributed by atoms with Crippen molar-refractivity contribution in [2.75, 3.05) is 5.32 Å². The van der Waals surface area contributed by atoms with E-state index in [4.69, 9.17) is 0 Å². The number of nitrogens with zero attached hydrogens (tertiary/aromatic N) is 1. The lowest BCUT2D eigenvalue weighted by Gasteiger charge is -2.09. The average molecular weight is 342 g/mol. The van der Waals surface area contributed by atoms with Crippen molar-refractivity contribution in [3.05, 3.63) is 64.6 Å². The SMILES string of the molecule is CC(=O)Nc1ccc(CC(=O)NNC(=O)Cn2ccccc2=O)cc1. The first-order chi connectivity index (χ1) is 11.9. The highest BCUT2D eigenvalue weighted by Crippen LogP contribution is 2.09. The van der Waals surface area contributed by atoms with Crippen molar-refractivity contribution in [1.82, 2.24) is 15.4 Å². The highest BCUT2D eigenvalue weighted by atomic mass is 16.2. The van der Waals surface area contributed by atoms with Crippen molar-refractivity contribution in [3.8, 4) is 0 Å². The lowest BCUT2D eigenvalue weighted by Crippen LogP contribution is -2.44. The van der Waals surface area contributed by atoms with Crippen LogP contribution in [-0.4, -0.2) is 22.3 Å². The highest BCUT2D eigenvalue weighted by Gasteiger charge is 2.07. The molecule has 0 saturated heterocycles. The summed E-state index contributed by atoms with van der Waals surface area (Å²) in [5, 5.41) is 2.63. The smallest absolute Gasteiger partial charge is 0.258 e. The molecule has 0 radical (unpaired) electrons. The number of carbonyl (C=O) groups excluding carboxylic acids is 3. The summed E-state index contributed by atoms with van der Waals surface area (Å²) < 4.78 is 1.22. The maximum absolute atomic E-state index is 11.8. The molecule has 130 valence electrons. The van der Waals surface area contributed by atoms with Gasteiger partial charge < -0.3 is 9.88 Å². The molecule has 0 aliphatic rings. The van der Waals surface area contributed by atoms with E-state index in [1.165, 1.54) is 23.8 Å². The number of hydrazine groups is 1. The van der Waals surface area contributed by atoms with E-state index in [9.17, 15) is 19.2 Å². The molecule has 0 atom stereocenters. The number of hydrogen-bond acceptors (Lipinski definition) is 4. The topological polar surface area (TPSA) is 109 Å². The number of aromatic nitrogens is 1. The van der Waals surface area contributed by atoms with Crippen LogP contribution in [-0.2, 0) is 27.3 Å². The standard InChI is InChI=1S/C17H18N4O4/c1-12(22)18-14-7-5-13(6-8-14)10-15(23)19-20-16(24)11-21-9-3-2-4-17(21)25/h2-9H,10-11H2,1H3,(H,18,22)(H,19,23)(H,20,24). The predicted molar refractivity (Wildman–Crippen MR) is 91.4 cm³/mol. The lowest BCUT2D eigenvalue weighted by molar-refractivity contribution is -0.128. The van der Waals surface area contributed by atoms with Gasteiger partial charge in [0.2, 0.25) is 11.8 Å². The number of benzene rings is 1. The number of hydrogen-bond donors (Lipinski definition) is 3. The van der Waals surface area contributed by atoms with Crippen molar-refractivity contribution in [1.29, 1.82) is 0 Å². The monoisotopic (exact) mass is 342 g/mol. The van der Waals surface area contributed by atoms with Crippen molar-refractivity contribution < 1.29 is 14.4 Å². The fourth-order valence-electron chi connectivity index (χ4n) is 2.06. The molecule has 0 aliphatic carbocycles. The van der Waals surface area contributed by atoms with Gasteiger partial charge in [0, 0.05) is 24.9 Å². The van der Waals surface area contributed by atoms with Crippen LogP contribution >= 0.6 is 0 Å². The van der Waals surface area contributed by atoms with Crippen LogP contribution in [0, 0.1) is 0 Å². The Kier molecular flexibility index (Phi) is 6.05. The Morgan fingerprint density at radius 2 is 1.64 bits per heavy atom. The molecule has 0 unspecified atom stereocenters. The molecule has 1 aromatic carbocycles. The molecule has 25 heavy (non-hydrogen) atoms. The molecule has 0 saturated carbocycles. The van der Waals surface area contributed by atoms with E-state index < -0.39 is 11.8 Å². The summed E-state index contributed by atoms with van der Waals surface area (Å²) in [6.45, 7) is 1.22. The van der Waals surface area contributed by atoms with Gasteiger partial charge in [-0.15, -0.1) is 0 Å². The lowest BCUT2D eigenvalue weighted by atomic mass is 10.1. The second kappa shape index (κ2) is 8.44. The van der Waals surface area contributed by atoms with Crippen LogP contribution < -0.4 is 21.7 Å². The van der Waals surface area contributed by atoms with E-state index in [1.807, 2.05) is 0 Å². The number of rotatable bonds is 5. The third-order valence-corrected chi connectivity index (χ3v) is 3.19. The maximum atomic E-state index is 11.8. The summed E-state index contributed by atoms with van der Waals surface area (Å²) in [6.07, 6.45) is 1.55. The molecule has 0 spiro atoms. The number of anilines is 1. The fraction of sp³-hybridized carbons (Fsp3) is 0.176. The summed E-state index contributed by atoms with van der Waals surface area (Å²) in [5.74, 6) is -1.09. The average Bonchev–Trinajstić information content (AvgIpc) is 2.56. The van der Waals surface area contributed by atoms with Gasteiger partial charge in [-0.1, -0.05) is 18.2 Å². The van der Waals surface area contributed by atoms with E-state index in [2.05, 4.69) is 16.2 Å². The van der Waals surface area contributed by atoms with E-state index in [0.717, 1.165) is 5.56 Å². The molecule has 3 amide bonds. The van der Waals surface area contributed by atoms with E-state index in [1.54, 1.807) is 36.4 Å². The van der Waals surface area contributed by atoms with Crippen molar-refractivity contribution in [2.45, 2.75) is 19.9 Å². The molecule has 8 nitrogen and oxygen atoms in total. The Hall–Kier alpha value is -3.42. The van der Waals surface area contributed by atoms with Crippen LogP contribution in [0.2, 0.25) is 0 Å². The molecule has 1 aromatic heterocycles. The normalized spacial score (nSPS) is 9.96. The fourth-order valence-corrected chi connectivity index (χ4v) is 2.06. The summed E-state index contributed by atoms with van der Waals surface area (Å²) in [7, 11) is 0. The third kappa shape index (κ3) is 5.94. The predicted octanol–water partition coefficient (Wildman–Crippen LogP) is 0.197. The molecule has 2 aromatic rings. The molecular weight excluding hydrogens is 324 g/mol. The zero-order valence-corrected chi connectivity index (χ0v) is 13.6. The van der Waals surface area contributed by atoms with Gasteiger partial charge >= 0.3 is 0 Å². The first kappa shape index (κ1) is 17.9. The summed E-state index contributed by atoms with van der Waals surface area (Å²) in [6, 6.07) is 11.3. The Labute approximate surface area is 143 Å². The molecule has 3 N–H and O–H groups in total. The van der Waals surface area contributed by atoms with Gasteiger partial charge in [-0.2, -0.15) is 0 Å². The van der Waals surface area contributed by atoms with E-state index in [0.29, 0.717) is 5.69 Å². The minimum absolute atomic E-state index is 0.0614. The minimum atomic E-state index is -0.511. The van der Waals surface area contributed by atoms with Crippen molar-refractivity contribution >= 4 is 23.4 Å². The molecule has 0 fully saturated rings. The van der Waals surface area contributed by atoms with Gasteiger partial charge in [-0.3, -0.25) is 30.0 Å².